The van der Waals surface area contributed by atoms with Gasteiger partial charge in [0.1, 0.15) is 0 Å². The molecular weight excluding hydrogens is 243 g/mol. The van der Waals surface area contributed by atoms with Crippen LogP contribution in [-0.2, 0) is 6.42 Å². The number of benzene rings is 1. The monoisotopic (exact) mass is 259 g/mol. The van der Waals surface area contributed by atoms with Gasteiger partial charge in [-0.05, 0) is 38.3 Å². The van der Waals surface area contributed by atoms with Crippen molar-refractivity contribution in [3.8, 4) is 5.75 Å². The molecule has 1 fully saturated rings. The van der Waals surface area contributed by atoms with Crippen LogP contribution in [0.4, 0.5) is 13.2 Å². The smallest absolute Gasteiger partial charge is 0.168 e. The van der Waals surface area contributed by atoms with E-state index in [0.29, 0.717) is 6.07 Å². The standard InChI is InChI=1S/C13H16F3NO/c1-18-13-9(5-8-3-2-4-17-7-8)12(16)10(14)6-11(13)15/h6,8,17H,2-5,7H2,1H3. The Morgan fingerprint density at radius 2 is 2.11 bits per heavy atom. The van der Waals surface area contributed by atoms with Crippen molar-refractivity contribution in [1.82, 2.24) is 5.32 Å². The van der Waals surface area contributed by atoms with Crippen LogP contribution in [0.25, 0.3) is 0 Å². The Morgan fingerprint density at radius 1 is 1.33 bits per heavy atom. The number of piperidine rings is 1. The molecule has 0 saturated carbocycles. The molecule has 1 unspecified atom stereocenters. The fourth-order valence-corrected chi connectivity index (χ4v) is 2.42. The molecule has 0 bridgehead atoms. The Bertz CT molecular complexity index is 431. The molecular formula is C13H16F3NO. The average Bonchev–Trinajstić information content (AvgIpc) is 2.37. The van der Waals surface area contributed by atoms with Gasteiger partial charge in [-0.3, -0.25) is 0 Å². The molecule has 0 spiro atoms. The molecule has 5 heteroatoms. The molecule has 1 heterocycles. The highest BCUT2D eigenvalue weighted by Crippen LogP contribution is 2.30. The van der Waals surface area contributed by atoms with E-state index in [1.807, 2.05) is 0 Å². The van der Waals surface area contributed by atoms with Gasteiger partial charge in [-0.2, -0.15) is 0 Å². The second kappa shape index (κ2) is 5.61. The second-order valence-corrected chi connectivity index (χ2v) is 4.58. The van der Waals surface area contributed by atoms with E-state index in [1.54, 1.807) is 0 Å². The minimum atomic E-state index is -1.16. The summed E-state index contributed by atoms with van der Waals surface area (Å²) in [4.78, 5) is 0. The average molecular weight is 259 g/mol. The summed E-state index contributed by atoms with van der Waals surface area (Å²) in [6.45, 7) is 1.67. The predicted molar refractivity (Wildman–Crippen MR) is 62.2 cm³/mol. The van der Waals surface area contributed by atoms with E-state index >= 15 is 0 Å². The molecule has 0 radical (unpaired) electrons. The summed E-state index contributed by atoms with van der Waals surface area (Å²) in [5.74, 6) is -3.01. The summed E-state index contributed by atoms with van der Waals surface area (Å²) in [7, 11) is 1.26. The number of methoxy groups -OCH3 is 1. The normalized spacial score (nSPS) is 19.9. The summed E-state index contributed by atoms with van der Waals surface area (Å²) < 4.78 is 45.3. The predicted octanol–water partition coefficient (Wildman–Crippen LogP) is 2.65. The molecule has 1 aromatic carbocycles. The van der Waals surface area contributed by atoms with E-state index in [9.17, 15) is 13.2 Å². The van der Waals surface area contributed by atoms with Crippen LogP contribution < -0.4 is 10.1 Å². The fourth-order valence-electron chi connectivity index (χ4n) is 2.42. The summed E-state index contributed by atoms with van der Waals surface area (Å²) in [6, 6.07) is 0.525. The third-order valence-electron chi connectivity index (χ3n) is 3.31. The van der Waals surface area contributed by atoms with E-state index < -0.39 is 17.5 Å². The first-order valence-corrected chi connectivity index (χ1v) is 6.04. The largest absolute Gasteiger partial charge is 0.493 e. The maximum absolute atomic E-state index is 13.7. The van der Waals surface area contributed by atoms with E-state index in [2.05, 4.69) is 5.32 Å². The lowest BCUT2D eigenvalue weighted by atomic mass is 9.91. The highest BCUT2D eigenvalue weighted by Gasteiger charge is 2.23. The molecule has 1 saturated heterocycles. The lowest BCUT2D eigenvalue weighted by Gasteiger charge is -2.23. The first kappa shape index (κ1) is 13.2. The van der Waals surface area contributed by atoms with Gasteiger partial charge in [0.05, 0.1) is 7.11 Å². The van der Waals surface area contributed by atoms with E-state index in [-0.39, 0.29) is 23.7 Å². The number of hydrogen-bond donors (Lipinski definition) is 1. The summed E-state index contributed by atoms with van der Waals surface area (Å²) >= 11 is 0. The lowest BCUT2D eigenvalue weighted by molar-refractivity contribution is 0.341. The van der Waals surface area contributed by atoms with Crippen LogP contribution >= 0.6 is 0 Å². The van der Waals surface area contributed by atoms with Gasteiger partial charge in [0, 0.05) is 11.6 Å². The van der Waals surface area contributed by atoms with Crippen molar-refractivity contribution in [2.75, 3.05) is 20.2 Å². The molecule has 1 aliphatic heterocycles. The minimum Gasteiger partial charge on any atom is -0.493 e. The molecule has 18 heavy (non-hydrogen) atoms. The third-order valence-corrected chi connectivity index (χ3v) is 3.31. The second-order valence-electron chi connectivity index (χ2n) is 4.58. The van der Waals surface area contributed by atoms with Crippen LogP contribution in [-0.4, -0.2) is 20.2 Å². The zero-order valence-corrected chi connectivity index (χ0v) is 10.2. The first-order valence-electron chi connectivity index (χ1n) is 6.04. The van der Waals surface area contributed by atoms with E-state index in [4.69, 9.17) is 4.74 Å². The number of nitrogens with one attached hydrogen (secondary N) is 1. The quantitative estimate of drug-likeness (QED) is 0.843. The number of rotatable bonds is 3. The molecule has 0 aromatic heterocycles. The summed E-state index contributed by atoms with van der Waals surface area (Å²) in [5, 5.41) is 3.19. The zero-order valence-electron chi connectivity index (χ0n) is 10.2. The molecule has 0 amide bonds. The number of hydrogen-bond acceptors (Lipinski definition) is 2. The SMILES string of the molecule is COc1c(F)cc(F)c(F)c1CC1CCCNC1. The van der Waals surface area contributed by atoms with E-state index in [1.165, 1.54) is 7.11 Å². The van der Waals surface area contributed by atoms with Gasteiger partial charge in [0.25, 0.3) is 0 Å². The summed E-state index contributed by atoms with van der Waals surface area (Å²) in [6.07, 6.45) is 2.21. The molecule has 0 aliphatic carbocycles. The number of ether oxygens (including phenoxy) is 1. The Labute approximate surface area is 104 Å². The Kier molecular flexibility index (Phi) is 4.11. The highest BCUT2D eigenvalue weighted by molar-refractivity contribution is 5.37. The van der Waals surface area contributed by atoms with Crippen LogP contribution in [0.2, 0.25) is 0 Å². The van der Waals surface area contributed by atoms with Crippen molar-refractivity contribution in [3.05, 3.63) is 29.1 Å². The molecule has 1 atom stereocenters. The van der Waals surface area contributed by atoms with Gasteiger partial charge in [-0.15, -0.1) is 0 Å². The van der Waals surface area contributed by atoms with Gasteiger partial charge in [0.2, 0.25) is 0 Å². The van der Waals surface area contributed by atoms with Crippen LogP contribution in [0.5, 0.6) is 5.75 Å². The number of halogens is 3. The van der Waals surface area contributed by atoms with Gasteiger partial charge in [-0.25, -0.2) is 13.2 Å². The third kappa shape index (κ3) is 2.61. The molecule has 1 N–H and O–H groups in total. The Hall–Kier alpha value is -1.23. The zero-order chi connectivity index (χ0) is 13.1. The fraction of sp³-hybridized carbons (Fsp3) is 0.538. The molecule has 2 rings (SSSR count). The Balaban J connectivity index is 2.29. The van der Waals surface area contributed by atoms with Gasteiger partial charge in [-0.1, -0.05) is 0 Å². The van der Waals surface area contributed by atoms with Crippen molar-refractivity contribution in [2.45, 2.75) is 19.3 Å². The van der Waals surface area contributed by atoms with Gasteiger partial charge in [0.15, 0.2) is 23.2 Å². The van der Waals surface area contributed by atoms with Crippen molar-refractivity contribution in [2.24, 2.45) is 5.92 Å². The minimum absolute atomic E-state index is 0.00343. The topological polar surface area (TPSA) is 21.3 Å². The van der Waals surface area contributed by atoms with Crippen molar-refractivity contribution in [1.29, 1.82) is 0 Å². The lowest BCUT2D eigenvalue weighted by Crippen LogP contribution is -2.31. The molecule has 1 aliphatic rings. The maximum Gasteiger partial charge on any atom is 0.168 e. The summed E-state index contributed by atoms with van der Waals surface area (Å²) in [5.41, 5.74) is 0.00343. The molecule has 2 nitrogen and oxygen atoms in total. The first-order chi connectivity index (χ1) is 8.63. The molecule has 1 aromatic rings. The van der Waals surface area contributed by atoms with Crippen LogP contribution in [0.3, 0.4) is 0 Å². The Morgan fingerprint density at radius 3 is 2.72 bits per heavy atom. The maximum atomic E-state index is 13.7. The van der Waals surface area contributed by atoms with Crippen molar-refractivity contribution < 1.29 is 17.9 Å². The van der Waals surface area contributed by atoms with Crippen molar-refractivity contribution in [3.63, 3.8) is 0 Å². The van der Waals surface area contributed by atoms with E-state index in [0.717, 1.165) is 25.9 Å². The van der Waals surface area contributed by atoms with Crippen LogP contribution in [0.15, 0.2) is 6.07 Å². The highest BCUT2D eigenvalue weighted by atomic mass is 19.2. The van der Waals surface area contributed by atoms with Gasteiger partial charge < -0.3 is 10.1 Å². The molecule has 100 valence electrons. The van der Waals surface area contributed by atoms with Crippen LogP contribution in [0, 0.1) is 23.4 Å². The van der Waals surface area contributed by atoms with Crippen molar-refractivity contribution >= 4 is 0 Å². The van der Waals surface area contributed by atoms with Gasteiger partial charge >= 0.3 is 0 Å². The van der Waals surface area contributed by atoms with Crippen LogP contribution in [0.1, 0.15) is 18.4 Å².